The molecular weight excluding hydrogens is 480 g/mol. The minimum atomic E-state index is -0.0875. The average Bonchev–Trinajstić information content (AvgIpc) is 3.45. The molecule has 2 saturated heterocycles. The molecule has 7 nitrogen and oxygen atoms in total. The molecule has 5 heterocycles. The molecule has 0 radical (unpaired) electrons. The molecule has 0 bridgehead atoms. The van der Waals surface area contributed by atoms with Gasteiger partial charge in [-0.3, -0.25) is 9.97 Å². The highest BCUT2D eigenvalue weighted by molar-refractivity contribution is 7.80. The first kappa shape index (κ1) is 23.6. The molecule has 2 aliphatic heterocycles. The highest BCUT2D eigenvalue weighted by Gasteiger charge is 2.42. The van der Waals surface area contributed by atoms with Crippen LogP contribution in [-0.4, -0.2) is 46.0 Å². The Morgan fingerprint density at radius 1 is 0.919 bits per heavy atom. The molecule has 0 aliphatic carbocycles. The summed E-state index contributed by atoms with van der Waals surface area (Å²) >= 11 is 5.95. The maximum Gasteiger partial charge on any atom is 0.174 e. The monoisotopic (exact) mass is 510 g/mol. The van der Waals surface area contributed by atoms with Crippen LogP contribution in [0.1, 0.15) is 34.7 Å². The SMILES string of the molecule is Cc1cc([C@H]2[C@H](c3ccccn3)NC(=S)N2c2ccc(N3CCOCC3)cc2)c(C)n1-c1cccnc1. The normalized spacial score (nSPS) is 19.8. The van der Waals surface area contributed by atoms with Crippen molar-refractivity contribution < 1.29 is 4.74 Å². The Morgan fingerprint density at radius 2 is 1.70 bits per heavy atom. The van der Waals surface area contributed by atoms with Crippen molar-refractivity contribution >= 4 is 28.7 Å². The number of anilines is 2. The van der Waals surface area contributed by atoms with Gasteiger partial charge in [0.25, 0.3) is 0 Å². The molecule has 2 fully saturated rings. The number of hydrogen-bond donors (Lipinski definition) is 1. The van der Waals surface area contributed by atoms with Gasteiger partial charge in [0.05, 0.1) is 42.9 Å². The van der Waals surface area contributed by atoms with Crippen LogP contribution in [0, 0.1) is 13.8 Å². The van der Waals surface area contributed by atoms with Gasteiger partial charge in [0, 0.05) is 48.2 Å². The minimum Gasteiger partial charge on any atom is -0.378 e. The van der Waals surface area contributed by atoms with Crippen molar-refractivity contribution in [3.05, 3.63) is 102 Å². The zero-order chi connectivity index (χ0) is 25.4. The van der Waals surface area contributed by atoms with E-state index in [1.165, 1.54) is 11.3 Å². The zero-order valence-corrected chi connectivity index (χ0v) is 21.9. The summed E-state index contributed by atoms with van der Waals surface area (Å²) in [5, 5.41) is 4.29. The van der Waals surface area contributed by atoms with Gasteiger partial charge < -0.3 is 24.4 Å². The van der Waals surface area contributed by atoms with Gasteiger partial charge in [0.15, 0.2) is 5.11 Å². The molecule has 3 aromatic heterocycles. The second-order valence-electron chi connectivity index (χ2n) is 9.49. The van der Waals surface area contributed by atoms with Crippen molar-refractivity contribution in [3.63, 3.8) is 0 Å². The van der Waals surface area contributed by atoms with Crippen LogP contribution in [0.15, 0.2) is 79.3 Å². The largest absolute Gasteiger partial charge is 0.378 e. The summed E-state index contributed by atoms with van der Waals surface area (Å²) in [5.41, 5.74) is 7.81. The predicted molar refractivity (Wildman–Crippen MR) is 150 cm³/mol. The molecule has 4 aromatic rings. The van der Waals surface area contributed by atoms with E-state index in [2.05, 4.69) is 81.0 Å². The van der Waals surface area contributed by atoms with Gasteiger partial charge in [-0.15, -0.1) is 0 Å². The summed E-state index contributed by atoms with van der Waals surface area (Å²) in [5.74, 6) is 0. The van der Waals surface area contributed by atoms with E-state index in [1.807, 2.05) is 30.6 Å². The van der Waals surface area contributed by atoms with Crippen molar-refractivity contribution in [3.8, 4) is 5.69 Å². The number of pyridine rings is 2. The summed E-state index contributed by atoms with van der Waals surface area (Å²) in [6, 6.07) is 21.0. The lowest BCUT2D eigenvalue weighted by molar-refractivity contribution is 0.122. The molecule has 0 amide bonds. The van der Waals surface area contributed by atoms with Crippen LogP contribution in [-0.2, 0) is 4.74 Å². The van der Waals surface area contributed by atoms with Crippen LogP contribution in [0.5, 0.6) is 0 Å². The maximum absolute atomic E-state index is 5.95. The van der Waals surface area contributed by atoms with E-state index < -0.39 is 0 Å². The molecule has 8 heteroatoms. The van der Waals surface area contributed by atoms with Crippen molar-refractivity contribution in [2.24, 2.45) is 0 Å². The summed E-state index contributed by atoms with van der Waals surface area (Å²) < 4.78 is 7.79. The van der Waals surface area contributed by atoms with Gasteiger partial charge in [-0.05, 0) is 86.2 Å². The van der Waals surface area contributed by atoms with Gasteiger partial charge in [-0.1, -0.05) is 6.07 Å². The third-order valence-electron chi connectivity index (χ3n) is 7.30. The highest BCUT2D eigenvalue weighted by atomic mass is 32.1. The fourth-order valence-corrected chi connectivity index (χ4v) is 5.91. The number of morpholine rings is 1. The first-order valence-electron chi connectivity index (χ1n) is 12.6. The molecule has 1 aromatic carbocycles. The molecule has 0 unspecified atom stereocenters. The Labute approximate surface area is 222 Å². The van der Waals surface area contributed by atoms with Gasteiger partial charge >= 0.3 is 0 Å². The van der Waals surface area contributed by atoms with E-state index in [9.17, 15) is 0 Å². The Bertz CT molecular complexity index is 1380. The smallest absolute Gasteiger partial charge is 0.174 e. The molecule has 6 rings (SSSR count). The molecule has 37 heavy (non-hydrogen) atoms. The topological polar surface area (TPSA) is 58.5 Å². The molecule has 0 saturated carbocycles. The number of aryl methyl sites for hydroxylation is 1. The maximum atomic E-state index is 5.95. The number of aromatic nitrogens is 3. The second kappa shape index (κ2) is 9.95. The first-order chi connectivity index (χ1) is 18.1. The van der Waals surface area contributed by atoms with Crippen LogP contribution in [0.25, 0.3) is 5.69 Å². The lowest BCUT2D eigenvalue weighted by Gasteiger charge is -2.31. The number of nitrogens with one attached hydrogen (secondary N) is 1. The third-order valence-corrected chi connectivity index (χ3v) is 7.61. The molecular formula is C29H30N6OS. The van der Waals surface area contributed by atoms with Crippen molar-refractivity contribution in [2.45, 2.75) is 25.9 Å². The fourth-order valence-electron chi connectivity index (χ4n) is 5.56. The number of hydrogen-bond acceptors (Lipinski definition) is 5. The summed E-state index contributed by atoms with van der Waals surface area (Å²) in [6.07, 6.45) is 5.55. The van der Waals surface area contributed by atoms with Crippen LogP contribution in [0.4, 0.5) is 11.4 Å². The molecule has 1 N–H and O–H groups in total. The average molecular weight is 511 g/mol. The number of rotatable bonds is 5. The summed E-state index contributed by atoms with van der Waals surface area (Å²) in [4.78, 5) is 13.7. The van der Waals surface area contributed by atoms with Crippen LogP contribution in [0.3, 0.4) is 0 Å². The van der Waals surface area contributed by atoms with Crippen LogP contribution in [0.2, 0.25) is 0 Å². The number of thiocarbonyl (C=S) groups is 1. The van der Waals surface area contributed by atoms with E-state index in [1.54, 1.807) is 6.20 Å². The Balaban J connectivity index is 1.43. The lowest BCUT2D eigenvalue weighted by atomic mass is 9.96. The van der Waals surface area contributed by atoms with E-state index in [-0.39, 0.29) is 12.1 Å². The van der Waals surface area contributed by atoms with Gasteiger partial charge in [-0.25, -0.2) is 0 Å². The number of benzene rings is 1. The van der Waals surface area contributed by atoms with Gasteiger partial charge in [0.1, 0.15) is 0 Å². The minimum absolute atomic E-state index is 0.0618. The summed E-state index contributed by atoms with van der Waals surface area (Å²) in [7, 11) is 0. The number of nitrogens with zero attached hydrogens (tertiary/aromatic N) is 5. The molecule has 0 spiro atoms. The Kier molecular flexibility index (Phi) is 6.36. The van der Waals surface area contributed by atoms with Crippen molar-refractivity contribution in [1.82, 2.24) is 19.9 Å². The van der Waals surface area contributed by atoms with Crippen molar-refractivity contribution in [1.29, 1.82) is 0 Å². The fraction of sp³-hybridized carbons (Fsp3) is 0.276. The van der Waals surface area contributed by atoms with Crippen LogP contribution >= 0.6 is 12.2 Å². The lowest BCUT2D eigenvalue weighted by Crippen LogP contribution is -2.36. The van der Waals surface area contributed by atoms with Gasteiger partial charge in [0.2, 0.25) is 0 Å². The van der Waals surface area contributed by atoms with E-state index in [4.69, 9.17) is 21.9 Å². The number of ether oxygens (including phenoxy) is 1. The van der Waals surface area contributed by atoms with Crippen molar-refractivity contribution in [2.75, 3.05) is 36.1 Å². The van der Waals surface area contributed by atoms with Gasteiger partial charge in [-0.2, -0.15) is 0 Å². The third kappa shape index (κ3) is 4.36. The van der Waals surface area contributed by atoms with E-state index >= 15 is 0 Å². The van der Waals surface area contributed by atoms with E-state index in [0.717, 1.165) is 54.8 Å². The Morgan fingerprint density at radius 3 is 2.41 bits per heavy atom. The highest BCUT2D eigenvalue weighted by Crippen LogP contribution is 2.44. The first-order valence-corrected chi connectivity index (χ1v) is 13.1. The predicted octanol–water partition coefficient (Wildman–Crippen LogP) is 4.90. The molecule has 188 valence electrons. The zero-order valence-electron chi connectivity index (χ0n) is 21.0. The molecule has 2 atom stereocenters. The molecule has 2 aliphatic rings. The Hall–Kier alpha value is -3.75. The van der Waals surface area contributed by atoms with E-state index in [0.29, 0.717) is 5.11 Å². The second-order valence-corrected chi connectivity index (χ2v) is 9.87. The summed E-state index contributed by atoms with van der Waals surface area (Å²) in [6.45, 7) is 7.67. The standard InChI is InChI=1S/C29H30N6OS/c1-20-18-25(21(2)34(20)24-6-5-12-30-19-24)28-27(26-7-3-4-13-31-26)32-29(37)35(28)23-10-8-22(9-11-23)33-14-16-36-17-15-33/h3-13,18-19,27-28H,14-17H2,1-2H3,(H,32,37)/t27-,28-/m0/s1. The van der Waals surface area contributed by atoms with Crippen LogP contribution < -0.4 is 15.1 Å². The quantitative estimate of drug-likeness (QED) is 0.383.